The lowest BCUT2D eigenvalue weighted by Crippen LogP contribution is -2.32. The number of aliphatic hydroxyl groups is 1. The molecule has 5 heteroatoms. The molecule has 0 aromatic carbocycles. The van der Waals surface area contributed by atoms with Gasteiger partial charge in [-0.15, -0.1) is 0 Å². The third-order valence-corrected chi connectivity index (χ3v) is 2.35. The molecular weight excluding hydrogens is 212 g/mol. The molecule has 0 fully saturated rings. The molecule has 84 valence electrons. The number of nitrogens with zero attached hydrogens (tertiary/aromatic N) is 1. The lowest BCUT2D eigenvalue weighted by molar-refractivity contribution is 0.268. The van der Waals surface area contributed by atoms with E-state index in [4.69, 9.17) is 17.3 Å². The summed E-state index contributed by atoms with van der Waals surface area (Å²) >= 11 is 4.97. The molecule has 15 heavy (non-hydrogen) atoms. The van der Waals surface area contributed by atoms with E-state index in [1.165, 1.54) is 4.57 Å². The average molecular weight is 228 g/mol. The number of hydrogen-bond donors (Lipinski definition) is 2. The lowest BCUT2D eigenvalue weighted by atomic mass is 9.91. The summed E-state index contributed by atoms with van der Waals surface area (Å²) in [4.78, 5) is 14.2. The van der Waals surface area contributed by atoms with Gasteiger partial charge in [0.2, 0.25) is 0 Å². The Bertz CT molecular complexity index is 454. The van der Waals surface area contributed by atoms with Crippen LogP contribution in [-0.2, 0) is 12.0 Å². The molecule has 0 saturated carbocycles. The summed E-state index contributed by atoms with van der Waals surface area (Å²) in [5, 5.41) is 8.90. The third-order valence-electron chi connectivity index (χ3n) is 2.13. The van der Waals surface area contributed by atoms with Gasteiger partial charge in [-0.2, -0.15) is 0 Å². The van der Waals surface area contributed by atoms with Crippen molar-refractivity contribution in [2.75, 3.05) is 6.61 Å². The molecule has 1 heterocycles. The van der Waals surface area contributed by atoms with E-state index < -0.39 is 0 Å². The van der Waals surface area contributed by atoms with Gasteiger partial charge in [0, 0.05) is 11.1 Å². The van der Waals surface area contributed by atoms with Crippen molar-refractivity contribution in [3.63, 3.8) is 0 Å². The molecular formula is C10H16N2O2S. The Balaban J connectivity index is 3.47. The summed E-state index contributed by atoms with van der Waals surface area (Å²) < 4.78 is 1.95. The fourth-order valence-corrected chi connectivity index (χ4v) is 1.66. The Morgan fingerprint density at radius 3 is 2.60 bits per heavy atom. The number of rotatable bonds is 2. The van der Waals surface area contributed by atoms with Gasteiger partial charge in [-0.05, 0) is 6.07 Å². The van der Waals surface area contributed by atoms with Crippen molar-refractivity contribution in [3.8, 4) is 0 Å². The highest BCUT2D eigenvalue weighted by Crippen LogP contribution is 2.20. The Morgan fingerprint density at radius 2 is 2.13 bits per heavy atom. The highest BCUT2D eigenvalue weighted by atomic mass is 32.1. The summed E-state index contributed by atoms with van der Waals surface area (Å²) in [6.07, 6.45) is 0. The first-order valence-corrected chi connectivity index (χ1v) is 5.22. The Hall–Kier alpha value is -0.940. The lowest BCUT2D eigenvalue weighted by Gasteiger charge is -2.23. The van der Waals surface area contributed by atoms with Gasteiger partial charge in [-0.1, -0.05) is 33.0 Å². The van der Waals surface area contributed by atoms with Crippen LogP contribution < -0.4 is 5.69 Å². The average Bonchev–Trinajstić information content (AvgIpc) is 2.07. The molecule has 0 atom stereocenters. The predicted molar refractivity (Wildman–Crippen MR) is 61.7 cm³/mol. The van der Waals surface area contributed by atoms with E-state index in [0.717, 1.165) is 5.69 Å². The Morgan fingerprint density at radius 1 is 1.53 bits per heavy atom. The highest BCUT2D eigenvalue weighted by molar-refractivity contribution is 7.71. The second kappa shape index (κ2) is 4.28. The van der Waals surface area contributed by atoms with Crippen LogP contribution in [0.3, 0.4) is 0 Å². The summed E-state index contributed by atoms with van der Waals surface area (Å²) in [6, 6.07) is 1.77. The molecule has 0 radical (unpaired) electrons. The van der Waals surface area contributed by atoms with Crippen LogP contribution in [0.2, 0.25) is 0 Å². The molecule has 1 aromatic rings. The SMILES string of the molecule is CC(C)(C)c1cc(=S)[nH]c(=O)n1CCO. The highest BCUT2D eigenvalue weighted by Gasteiger charge is 2.18. The van der Waals surface area contributed by atoms with Crippen LogP contribution in [0.15, 0.2) is 10.9 Å². The van der Waals surface area contributed by atoms with Gasteiger partial charge < -0.3 is 5.11 Å². The van der Waals surface area contributed by atoms with Crippen LogP contribution >= 0.6 is 12.2 Å². The first kappa shape index (κ1) is 12.1. The smallest absolute Gasteiger partial charge is 0.326 e. The maximum atomic E-state index is 11.6. The van der Waals surface area contributed by atoms with Crippen LogP contribution in [0.25, 0.3) is 0 Å². The standard InChI is InChI=1S/C10H16N2O2S/c1-10(2,3)7-6-8(15)11-9(14)12(7)4-5-13/h6,13H,4-5H2,1-3H3,(H,11,14,15). The van der Waals surface area contributed by atoms with Crippen molar-refractivity contribution in [3.05, 3.63) is 26.9 Å². The second-order valence-electron chi connectivity index (χ2n) is 4.45. The van der Waals surface area contributed by atoms with Crippen LogP contribution in [0.1, 0.15) is 26.5 Å². The molecule has 0 aliphatic carbocycles. The zero-order chi connectivity index (χ0) is 11.6. The number of nitrogens with one attached hydrogen (secondary N) is 1. The van der Waals surface area contributed by atoms with Gasteiger partial charge in [-0.25, -0.2) is 4.79 Å². The molecule has 0 aliphatic heterocycles. The summed E-state index contributed by atoms with van der Waals surface area (Å²) in [7, 11) is 0. The van der Waals surface area contributed by atoms with Crippen LogP contribution in [0.5, 0.6) is 0 Å². The normalized spacial score (nSPS) is 11.7. The minimum Gasteiger partial charge on any atom is -0.395 e. The van der Waals surface area contributed by atoms with E-state index in [-0.39, 0.29) is 24.3 Å². The zero-order valence-corrected chi connectivity index (χ0v) is 10.0. The number of aromatic nitrogens is 2. The van der Waals surface area contributed by atoms with Crippen molar-refractivity contribution < 1.29 is 5.11 Å². The Labute approximate surface area is 93.6 Å². The molecule has 0 saturated heterocycles. The van der Waals surface area contributed by atoms with Crippen LogP contribution in [-0.4, -0.2) is 21.3 Å². The van der Waals surface area contributed by atoms with Gasteiger partial charge in [0.15, 0.2) is 0 Å². The number of hydrogen-bond acceptors (Lipinski definition) is 3. The summed E-state index contributed by atoms with van der Waals surface area (Å²) in [6.45, 7) is 6.24. The molecule has 0 amide bonds. The molecule has 0 spiro atoms. The minimum absolute atomic E-state index is 0.0619. The van der Waals surface area contributed by atoms with Crippen molar-refractivity contribution >= 4 is 12.2 Å². The number of aromatic amines is 1. The van der Waals surface area contributed by atoms with Gasteiger partial charge in [0.05, 0.1) is 13.2 Å². The monoisotopic (exact) mass is 228 g/mol. The topological polar surface area (TPSA) is 58.0 Å². The second-order valence-corrected chi connectivity index (χ2v) is 4.89. The summed E-state index contributed by atoms with van der Waals surface area (Å²) in [5.41, 5.74) is 0.406. The van der Waals surface area contributed by atoms with Crippen molar-refractivity contribution in [1.29, 1.82) is 0 Å². The number of H-pyrrole nitrogens is 1. The van der Waals surface area contributed by atoms with Crippen molar-refractivity contribution in [2.45, 2.75) is 32.7 Å². The third kappa shape index (κ3) is 2.76. The maximum Gasteiger partial charge on any atom is 0.326 e. The Kier molecular flexibility index (Phi) is 3.46. The molecule has 2 N–H and O–H groups in total. The first-order chi connectivity index (χ1) is 6.86. The van der Waals surface area contributed by atoms with E-state index in [2.05, 4.69) is 4.98 Å². The molecule has 0 aliphatic rings. The fraction of sp³-hybridized carbons (Fsp3) is 0.600. The largest absolute Gasteiger partial charge is 0.395 e. The predicted octanol–water partition coefficient (Wildman–Crippen LogP) is 1.20. The molecule has 4 nitrogen and oxygen atoms in total. The van der Waals surface area contributed by atoms with Gasteiger partial charge in [0.25, 0.3) is 0 Å². The zero-order valence-electron chi connectivity index (χ0n) is 9.20. The van der Waals surface area contributed by atoms with E-state index in [1.54, 1.807) is 6.07 Å². The summed E-state index contributed by atoms with van der Waals surface area (Å²) in [5.74, 6) is 0. The molecule has 1 rings (SSSR count). The van der Waals surface area contributed by atoms with Gasteiger partial charge in [0.1, 0.15) is 4.64 Å². The van der Waals surface area contributed by atoms with E-state index >= 15 is 0 Å². The van der Waals surface area contributed by atoms with Crippen molar-refractivity contribution in [2.24, 2.45) is 0 Å². The first-order valence-electron chi connectivity index (χ1n) is 4.82. The molecule has 1 aromatic heterocycles. The minimum atomic E-state index is -0.263. The van der Waals surface area contributed by atoms with Crippen LogP contribution in [0.4, 0.5) is 0 Å². The molecule has 0 bridgehead atoms. The van der Waals surface area contributed by atoms with E-state index in [9.17, 15) is 4.79 Å². The van der Waals surface area contributed by atoms with Crippen molar-refractivity contribution in [1.82, 2.24) is 9.55 Å². The van der Waals surface area contributed by atoms with Crippen LogP contribution in [0, 0.1) is 4.64 Å². The van der Waals surface area contributed by atoms with Gasteiger partial charge in [-0.3, -0.25) is 9.55 Å². The quantitative estimate of drug-likeness (QED) is 0.748. The fourth-order valence-electron chi connectivity index (χ4n) is 1.46. The molecule has 0 unspecified atom stereocenters. The maximum absolute atomic E-state index is 11.6. The van der Waals surface area contributed by atoms with E-state index in [0.29, 0.717) is 4.64 Å². The van der Waals surface area contributed by atoms with Gasteiger partial charge >= 0.3 is 5.69 Å². The van der Waals surface area contributed by atoms with E-state index in [1.807, 2.05) is 20.8 Å². The number of aliphatic hydroxyl groups excluding tert-OH is 1.